The van der Waals surface area contributed by atoms with E-state index in [2.05, 4.69) is 13.8 Å². The van der Waals surface area contributed by atoms with E-state index in [9.17, 15) is 9.59 Å². The summed E-state index contributed by atoms with van der Waals surface area (Å²) in [5, 5.41) is 0. The van der Waals surface area contributed by atoms with E-state index in [0.29, 0.717) is 38.6 Å². The molecule has 2 amide bonds. The third-order valence-electron chi connectivity index (χ3n) is 4.66. The lowest BCUT2D eigenvalue weighted by Crippen LogP contribution is -2.37. The Hall–Kier alpha value is -2.04. The molecule has 2 aliphatic rings. The second-order valence-corrected chi connectivity index (χ2v) is 7.05. The number of carbonyl (C=O) groups excluding carboxylic acids is 2. The highest BCUT2D eigenvalue weighted by molar-refractivity contribution is 5.94. The van der Waals surface area contributed by atoms with Gasteiger partial charge >= 0.3 is 0 Å². The molecule has 0 radical (unpaired) electrons. The molecule has 0 bridgehead atoms. The minimum atomic E-state index is 0.0582. The average molecular weight is 330 g/mol. The van der Waals surface area contributed by atoms with E-state index in [-0.39, 0.29) is 11.8 Å². The van der Waals surface area contributed by atoms with Crippen molar-refractivity contribution in [3.8, 4) is 5.75 Å². The van der Waals surface area contributed by atoms with Gasteiger partial charge in [0.25, 0.3) is 5.91 Å². The topological polar surface area (TPSA) is 49.9 Å². The van der Waals surface area contributed by atoms with Crippen LogP contribution in [0, 0.1) is 5.92 Å². The van der Waals surface area contributed by atoms with Crippen molar-refractivity contribution in [2.45, 2.75) is 33.1 Å². The number of nitrogens with zero attached hydrogens (tertiary/aromatic N) is 2. The van der Waals surface area contributed by atoms with Crippen LogP contribution in [-0.2, 0) is 11.2 Å². The lowest BCUT2D eigenvalue weighted by Gasteiger charge is -2.23. The van der Waals surface area contributed by atoms with Gasteiger partial charge in [0.05, 0.1) is 6.61 Å². The molecule has 3 rings (SSSR count). The zero-order valence-electron chi connectivity index (χ0n) is 14.6. The summed E-state index contributed by atoms with van der Waals surface area (Å²) in [6, 6.07) is 5.70. The van der Waals surface area contributed by atoms with Crippen molar-refractivity contribution >= 4 is 11.8 Å². The summed E-state index contributed by atoms with van der Waals surface area (Å²) < 4.78 is 5.50. The molecule has 1 saturated heterocycles. The number of hydrogen-bond donors (Lipinski definition) is 0. The number of hydrogen-bond acceptors (Lipinski definition) is 3. The van der Waals surface area contributed by atoms with E-state index in [1.54, 1.807) is 0 Å². The normalized spacial score (nSPS) is 17.5. The minimum absolute atomic E-state index is 0.0582. The highest BCUT2D eigenvalue weighted by Gasteiger charge is 2.24. The maximum atomic E-state index is 12.8. The molecule has 0 aromatic heterocycles. The van der Waals surface area contributed by atoms with Gasteiger partial charge in [-0.25, -0.2) is 0 Å². The Morgan fingerprint density at radius 3 is 2.67 bits per heavy atom. The zero-order chi connectivity index (χ0) is 17.1. The monoisotopic (exact) mass is 330 g/mol. The van der Waals surface area contributed by atoms with Crippen molar-refractivity contribution in [3.05, 3.63) is 29.3 Å². The summed E-state index contributed by atoms with van der Waals surface area (Å²) >= 11 is 0. The third-order valence-corrected chi connectivity index (χ3v) is 4.66. The molecule has 0 aliphatic carbocycles. The predicted molar refractivity (Wildman–Crippen MR) is 92.2 cm³/mol. The first-order valence-corrected chi connectivity index (χ1v) is 8.87. The zero-order valence-corrected chi connectivity index (χ0v) is 14.6. The molecule has 5 heteroatoms. The van der Waals surface area contributed by atoms with Gasteiger partial charge in [-0.1, -0.05) is 13.8 Å². The van der Waals surface area contributed by atoms with E-state index < -0.39 is 0 Å². The van der Waals surface area contributed by atoms with Gasteiger partial charge in [0.1, 0.15) is 5.75 Å². The highest BCUT2D eigenvalue weighted by atomic mass is 16.5. The number of benzene rings is 1. The molecule has 0 spiro atoms. The summed E-state index contributed by atoms with van der Waals surface area (Å²) in [7, 11) is 0. The van der Waals surface area contributed by atoms with Gasteiger partial charge in [-0.05, 0) is 36.1 Å². The first-order chi connectivity index (χ1) is 11.5. The fraction of sp³-hybridized carbons (Fsp3) is 0.579. The highest BCUT2D eigenvalue weighted by Crippen LogP contribution is 2.26. The molecule has 2 aliphatic heterocycles. The molecule has 0 saturated carbocycles. The molecule has 1 aromatic carbocycles. The van der Waals surface area contributed by atoms with Crippen LogP contribution >= 0.6 is 0 Å². The maximum Gasteiger partial charge on any atom is 0.253 e. The molecule has 5 nitrogen and oxygen atoms in total. The standard InChI is InChI=1S/C19H26N2O3/c1-14(2)12-18(22)20-7-3-8-21(10-9-20)19(23)16-4-5-17-15(13-16)6-11-24-17/h4-5,13-14H,3,6-12H2,1-2H3. The lowest BCUT2D eigenvalue weighted by atomic mass is 10.1. The predicted octanol–water partition coefficient (Wildman–Crippen LogP) is 2.34. The first kappa shape index (κ1) is 16.8. The summed E-state index contributed by atoms with van der Waals surface area (Å²) in [6.07, 6.45) is 2.29. The van der Waals surface area contributed by atoms with E-state index in [0.717, 1.165) is 36.3 Å². The van der Waals surface area contributed by atoms with E-state index in [4.69, 9.17) is 4.74 Å². The molecule has 1 fully saturated rings. The summed E-state index contributed by atoms with van der Waals surface area (Å²) in [4.78, 5) is 28.8. The van der Waals surface area contributed by atoms with Gasteiger partial charge < -0.3 is 14.5 Å². The largest absolute Gasteiger partial charge is 0.493 e. The Labute approximate surface area is 143 Å². The fourth-order valence-electron chi connectivity index (χ4n) is 3.35. The van der Waals surface area contributed by atoms with Crippen LogP contribution in [0.1, 0.15) is 42.6 Å². The summed E-state index contributed by atoms with van der Waals surface area (Å²) in [5.41, 5.74) is 1.84. The Balaban J connectivity index is 1.63. The molecule has 2 heterocycles. The SMILES string of the molecule is CC(C)CC(=O)N1CCCN(C(=O)c2ccc3c(c2)CCO3)CC1. The van der Waals surface area contributed by atoms with Gasteiger partial charge in [-0.3, -0.25) is 9.59 Å². The summed E-state index contributed by atoms with van der Waals surface area (Å²) in [5.74, 6) is 1.52. The average Bonchev–Trinajstić information content (AvgIpc) is 2.87. The second-order valence-electron chi connectivity index (χ2n) is 7.05. The quantitative estimate of drug-likeness (QED) is 0.855. The Bertz CT molecular complexity index is 627. The van der Waals surface area contributed by atoms with Crippen molar-refractivity contribution < 1.29 is 14.3 Å². The van der Waals surface area contributed by atoms with Crippen molar-refractivity contribution in [1.82, 2.24) is 9.80 Å². The van der Waals surface area contributed by atoms with Gasteiger partial charge in [-0.15, -0.1) is 0 Å². The van der Waals surface area contributed by atoms with Crippen LogP contribution in [-0.4, -0.2) is 54.4 Å². The molecule has 24 heavy (non-hydrogen) atoms. The number of ether oxygens (including phenoxy) is 1. The van der Waals surface area contributed by atoms with Gasteiger partial charge in [0, 0.05) is 44.6 Å². The molecule has 130 valence electrons. The maximum absolute atomic E-state index is 12.8. The van der Waals surface area contributed by atoms with Crippen LogP contribution < -0.4 is 4.74 Å². The molecule has 0 N–H and O–H groups in total. The first-order valence-electron chi connectivity index (χ1n) is 8.87. The Morgan fingerprint density at radius 1 is 1.12 bits per heavy atom. The molecular formula is C19H26N2O3. The second kappa shape index (κ2) is 7.24. The van der Waals surface area contributed by atoms with Crippen LogP contribution in [0.15, 0.2) is 18.2 Å². The molecular weight excluding hydrogens is 304 g/mol. The van der Waals surface area contributed by atoms with Gasteiger partial charge in [-0.2, -0.15) is 0 Å². The van der Waals surface area contributed by atoms with E-state index in [1.165, 1.54) is 0 Å². The van der Waals surface area contributed by atoms with Crippen molar-refractivity contribution in [2.75, 3.05) is 32.8 Å². The summed E-state index contributed by atoms with van der Waals surface area (Å²) in [6.45, 7) is 7.50. The number of rotatable bonds is 3. The minimum Gasteiger partial charge on any atom is -0.493 e. The van der Waals surface area contributed by atoms with Crippen LogP contribution in [0.5, 0.6) is 5.75 Å². The lowest BCUT2D eigenvalue weighted by molar-refractivity contribution is -0.131. The Morgan fingerprint density at radius 2 is 1.88 bits per heavy atom. The number of amides is 2. The van der Waals surface area contributed by atoms with Crippen LogP contribution in [0.2, 0.25) is 0 Å². The van der Waals surface area contributed by atoms with Crippen LogP contribution in [0.3, 0.4) is 0 Å². The molecule has 1 aromatic rings. The van der Waals surface area contributed by atoms with Gasteiger partial charge in [0.15, 0.2) is 0 Å². The van der Waals surface area contributed by atoms with Crippen molar-refractivity contribution in [2.24, 2.45) is 5.92 Å². The molecule has 0 atom stereocenters. The fourth-order valence-corrected chi connectivity index (χ4v) is 3.35. The van der Waals surface area contributed by atoms with Crippen LogP contribution in [0.25, 0.3) is 0 Å². The van der Waals surface area contributed by atoms with Crippen molar-refractivity contribution in [1.29, 1.82) is 0 Å². The third kappa shape index (κ3) is 3.71. The van der Waals surface area contributed by atoms with Crippen molar-refractivity contribution in [3.63, 3.8) is 0 Å². The van der Waals surface area contributed by atoms with E-state index >= 15 is 0 Å². The molecule has 0 unspecified atom stereocenters. The smallest absolute Gasteiger partial charge is 0.253 e. The number of carbonyl (C=O) groups is 2. The van der Waals surface area contributed by atoms with E-state index in [1.807, 2.05) is 28.0 Å². The van der Waals surface area contributed by atoms with Crippen LogP contribution in [0.4, 0.5) is 0 Å². The van der Waals surface area contributed by atoms with Gasteiger partial charge in [0.2, 0.25) is 5.91 Å². The number of fused-ring (bicyclic) bond motifs is 1. The Kier molecular flexibility index (Phi) is 5.07.